The van der Waals surface area contributed by atoms with Crippen LogP contribution in [-0.2, 0) is 0 Å². The van der Waals surface area contributed by atoms with Gasteiger partial charge in [-0.15, -0.1) is 0 Å². The lowest BCUT2D eigenvalue weighted by molar-refractivity contribution is 0.873. The minimum absolute atomic E-state index is 0.294. The van der Waals surface area contributed by atoms with Crippen LogP contribution in [0, 0.1) is 0 Å². The lowest BCUT2D eigenvalue weighted by atomic mass is 10.1. The molecule has 0 saturated heterocycles. The van der Waals surface area contributed by atoms with Crippen LogP contribution in [0.25, 0.3) is 5.57 Å². The number of rotatable bonds is 2. The highest BCUT2D eigenvalue weighted by atomic mass is 79.9. The lowest BCUT2D eigenvalue weighted by Crippen LogP contribution is -2.23. The van der Waals surface area contributed by atoms with Gasteiger partial charge in [-0.2, -0.15) is 0 Å². The van der Waals surface area contributed by atoms with E-state index in [4.69, 9.17) is 5.73 Å². The summed E-state index contributed by atoms with van der Waals surface area (Å²) in [5, 5.41) is 2.36. The standard InChI is InChI=1S/C11H13BrN2/c1-7-9(4-5-13)10-6-8(12)2-3-11(10)14-7/h2-3,6-7H,4-5,13H2,1H3/t7-/m1/s1. The van der Waals surface area contributed by atoms with Gasteiger partial charge in [0.05, 0.1) is 11.4 Å². The molecular weight excluding hydrogens is 240 g/mol. The molecule has 2 rings (SSSR count). The monoisotopic (exact) mass is 252 g/mol. The molecule has 0 unspecified atom stereocenters. The maximum Gasteiger partial charge on any atom is 0.0698 e. The highest BCUT2D eigenvalue weighted by molar-refractivity contribution is 9.10. The van der Waals surface area contributed by atoms with E-state index in [9.17, 15) is 0 Å². The SMILES string of the molecule is C[C@H]1N=c2ccc(Br)cc2=C1CCN. The Morgan fingerprint density at radius 1 is 1.50 bits per heavy atom. The van der Waals surface area contributed by atoms with Crippen molar-refractivity contribution >= 4 is 21.5 Å². The molecule has 2 N–H and O–H groups in total. The molecule has 1 aliphatic heterocycles. The molecule has 74 valence electrons. The topological polar surface area (TPSA) is 38.4 Å². The fraction of sp³-hybridized carbons (Fsp3) is 0.364. The number of hydrogen-bond donors (Lipinski definition) is 1. The van der Waals surface area contributed by atoms with Crippen molar-refractivity contribution in [1.82, 2.24) is 0 Å². The van der Waals surface area contributed by atoms with Crippen molar-refractivity contribution in [2.24, 2.45) is 10.7 Å². The Hall–Kier alpha value is -0.670. The summed E-state index contributed by atoms with van der Waals surface area (Å²) in [5.41, 5.74) is 6.96. The van der Waals surface area contributed by atoms with Gasteiger partial charge in [0.1, 0.15) is 0 Å². The van der Waals surface area contributed by atoms with Crippen molar-refractivity contribution in [2.75, 3.05) is 6.54 Å². The highest BCUT2D eigenvalue weighted by Crippen LogP contribution is 2.13. The first-order valence-corrected chi connectivity index (χ1v) is 5.58. The van der Waals surface area contributed by atoms with Crippen LogP contribution in [0.4, 0.5) is 0 Å². The smallest absolute Gasteiger partial charge is 0.0698 e. The number of nitrogens with two attached hydrogens (primary N) is 1. The van der Waals surface area contributed by atoms with Gasteiger partial charge in [0.15, 0.2) is 0 Å². The second-order valence-corrected chi connectivity index (χ2v) is 4.45. The van der Waals surface area contributed by atoms with Crippen molar-refractivity contribution in [2.45, 2.75) is 19.4 Å². The summed E-state index contributed by atoms with van der Waals surface area (Å²) in [6, 6.07) is 6.51. The third-order valence-electron chi connectivity index (χ3n) is 2.56. The highest BCUT2D eigenvalue weighted by Gasteiger charge is 2.13. The van der Waals surface area contributed by atoms with Crippen molar-refractivity contribution in [3.05, 3.63) is 33.2 Å². The van der Waals surface area contributed by atoms with Crippen LogP contribution in [0.5, 0.6) is 0 Å². The minimum atomic E-state index is 0.294. The molecule has 0 aromatic heterocycles. The van der Waals surface area contributed by atoms with Crippen LogP contribution in [0.15, 0.2) is 27.7 Å². The van der Waals surface area contributed by atoms with Gasteiger partial charge < -0.3 is 5.73 Å². The van der Waals surface area contributed by atoms with E-state index in [2.05, 4.69) is 40.0 Å². The number of nitrogens with zero attached hydrogens (tertiary/aromatic N) is 1. The van der Waals surface area contributed by atoms with E-state index in [1.54, 1.807) is 0 Å². The molecule has 0 radical (unpaired) electrons. The van der Waals surface area contributed by atoms with Gasteiger partial charge in [0.25, 0.3) is 0 Å². The zero-order valence-electron chi connectivity index (χ0n) is 8.13. The Balaban J connectivity index is 2.66. The van der Waals surface area contributed by atoms with Crippen molar-refractivity contribution in [3.63, 3.8) is 0 Å². The molecular formula is C11H13BrN2. The van der Waals surface area contributed by atoms with E-state index in [1.165, 1.54) is 10.8 Å². The third-order valence-corrected chi connectivity index (χ3v) is 3.05. The summed E-state index contributed by atoms with van der Waals surface area (Å²) in [5.74, 6) is 0. The van der Waals surface area contributed by atoms with Crippen molar-refractivity contribution < 1.29 is 0 Å². The van der Waals surface area contributed by atoms with Crippen LogP contribution >= 0.6 is 15.9 Å². The van der Waals surface area contributed by atoms with E-state index in [1.807, 2.05) is 6.07 Å². The molecule has 1 atom stereocenters. The average Bonchev–Trinajstić information content (AvgIpc) is 2.45. The molecule has 3 heteroatoms. The van der Waals surface area contributed by atoms with Gasteiger partial charge in [-0.25, -0.2) is 0 Å². The molecule has 0 aliphatic carbocycles. The molecule has 0 saturated carbocycles. The van der Waals surface area contributed by atoms with Gasteiger partial charge in [-0.1, -0.05) is 15.9 Å². The molecule has 0 fully saturated rings. The molecule has 0 bridgehead atoms. The molecule has 1 heterocycles. The maximum absolute atomic E-state index is 5.59. The average molecular weight is 253 g/mol. The molecule has 1 aliphatic rings. The summed E-state index contributed by atoms with van der Waals surface area (Å²) < 4.78 is 1.11. The van der Waals surface area contributed by atoms with Crippen LogP contribution in [-0.4, -0.2) is 12.6 Å². The Morgan fingerprint density at radius 3 is 3.00 bits per heavy atom. The largest absolute Gasteiger partial charge is 0.330 e. The summed E-state index contributed by atoms with van der Waals surface area (Å²) in [7, 11) is 0. The summed E-state index contributed by atoms with van der Waals surface area (Å²) in [4.78, 5) is 4.58. The fourth-order valence-corrected chi connectivity index (χ4v) is 2.25. The molecule has 2 nitrogen and oxygen atoms in total. The minimum Gasteiger partial charge on any atom is -0.330 e. The van der Waals surface area contributed by atoms with E-state index in [0.29, 0.717) is 12.6 Å². The van der Waals surface area contributed by atoms with Gasteiger partial charge in [-0.05, 0) is 43.7 Å². The van der Waals surface area contributed by atoms with Gasteiger partial charge >= 0.3 is 0 Å². The van der Waals surface area contributed by atoms with Crippen LogP contribution in [0.2, 0.25) is 0 Å². The second-order valence-electron chi connectivity index (χ2n) is 3.53. The summed E-state index contributed by atoms with van der Waals surface area (Å²) in [6.45, 7) is 2.82. The van der Waals surface area contributed by atoms with Gasteiger partial charge in [-0.3, -0.25) is 4.99 Å². The normalized spacial score (nSPS) is 19.4. The van der Waals surface area contributed by atoms with E-state index < -0.39 is 0 Å². The molecule has 14 heavy (non-hydrogen) atoms. The Morgan fingerprint density at radius 2 is 2.29 bits per heavy atom. The first kappa shape index (κ1) is 9.87. The summed E-state index contributed by atoms with van der Waals surface area (Å²) in [6.07, 6.45) is 0.939. The van der Waals surface area contributed by atoms with Crippen molar-refractivity contribution in [3.8, 4) is 0 Å². The Bertz CT molecular complexity index is 465. The molecule has 1 aromatic carbocycles. The number of halogens is 1. The Kier molecular flexibility index (Phi) is 2.70. The molecule has 0 spiro atoms. The van der Waals surface area contributed by atoms with E-state index in [0.717, 1.165) is 16.3 Å². The number of fused-ring (bicyclic) bond motifs is 1. The molecule has 1 aromatic rings. The number of hydrogen-bond acceptors (Lipinski definition) is 2. The second kappa shape index (κ2) is 3.83. The first-order valence-electron chi connectivity index (χ1n) is 4.79. The lowest BCUT2D eigenvalue weighted by Gasteiger charge is -2.04. The molecule has 0 amide bonds. The van der Waals surface area contributed by atoms with Crippen LogP contribution < -0.4 is 16.3 Å². The zero-order chi connectivity index (χ0) is 10.1. The number of benzene rings is 1. The maximum atomic E-state index is 5.59. The van der Waals surface area contributed by atoms with Crippen LogP contribution in [0.1, 0.15) is 13.3 Å². The quantitative estimate of drug-likeness (QED) is 0.838. The van der Waals surface area contributed by atoms with Gasteiger partial charge in [0.2, 0.25) is 0 Å². The van der Waals surface area contributed by atoms with Crippen LogP contribution in [0.3, 0.4) is 0 Å². The summed E-state index contributed by atoms with van der Waals surface area (Å²) >= 11 is 3.48. The van der Waals surface area contributed by atoms with E-state index in [-0.39, 0.29) is 0 Å². The van der Waals surface area contributed by atoms with Crippen molar-refractivity contribution in [1.29, 1.82) is 0 Å². The fourth-order valence-electron chi connectivity index (χ4n) is 1.89. The van der Waals surface area contributed by atoms with Gasteiger partial charge in [0, 0.05) is 9.69 Å². The predicted molar refractivity (Wildman–Crippen MR) is 61.5 cm³/mol. The zero-order valence-corrected chi connectivity index (χ0v) is 9.71. The predicted octanol–water partition coefficient (Wildman–Crippen LogP) is 0.970. The first-order chi connectivity index (χ1) is 6.72. The van der Waals surface area contributed by atoms with E-state index >= 15 is 0 Å². The Labute approximate surface area is 91.7 Å². The third kappa shape index (κ3) is 1.62.